The molecule has 0 aliphatic rings. The molecule has 32 heavy (non-hydrogen) atoms. The van der Waals surface area contributed by atoms with Crippen molar-refractivity contribution in [2.45, 2.75) is 20.3 Å². The summed E-state index contributed by atoms with van der Waals surface area (Å²) in [7, 11) is 3.24. The molecule has 3 rings (SSSR count). The summed E-state index contributed by atoms with van der Waals surface area (Å²) < 4.78 is 16.4. The standard InChI is InChI=1S/C25H28N2O4S/c1-17(2)13-14-31-22-11-5-18(15-23(22)30-4)6-12-24(28)27-25-26-21(16-32-25)19-7-9-20(29-3)10-8-19/h5-12,15-17H,13-14H2,1-4H3,(H,26,27,28). The van der Waals surface area contributed by atoms with Gasteiger partial charge < -0.3 is 14.2 Å². The van der Waals surface area contributed by atoms with Crippen LogP contribution in [0.25, 0.3) is 17.3 Å². The number of aromatic nitrogens is 1. The lowest BCUT2D eigenvalue weighted by Gasteiger charge is -2.12. The lowest BCUT2D eigenvalue weighted by Crippen LogP contribution is -2.07. The van der Waals surface area contributed by atoms with Gasteiger partial charge in [-0.2, -0.15) is 0 Å². The van der Waals surface area contributed by atoms with Crippen molar-refractivity contribution in [2.75, 3.05) is 26.1 Å². The summed E-state index contributed by atoms with van der Waals surface area (Å²) in [5, 5.41) is 5.25. The van der Waals surface area contributed by atoms with Crippen LogP contribution in [0.5, 0.6) is 17.2 Å². The number of ether oxygens (including phenoxy) is 3. The van der Waals surface area contributed by atoms with Crippen LogP contribution >= 0.6 is 11.3 Å². The molecule has 3 aromatic rings. The van der Waals surface area contributed by atoms with Gasteiger partial charge in [0, 0.05) is 17.0 Å². The molecule has 0 fully saturated rings. The van der Waals surface area contributed by atoms with Crippen molar-refractivity contribution in [1.82, 2.24) is 4.98 Å². The van der Waals surface area contributed by atoms with Crippen molar-refractivity contribution in [2.24, 2.45) is 5.92 Å². The highest BCUT2D eigenvalue weighted by atomic mass is 32.1. The number of methoxy groups -OCH3 is 2. The van der Waals surface area contributed by atoms with Gasteiger partial charge in [0.25, 0.3) is 0 Å². The molecule has 0 unspecified atom stereocenters. The molecule has 0 radical (unpaired) electrons. The highest BCUT2D eigenvalue weighted by Gasteiger charge is 2.08. The summed E-state index contributed by atoms with van der Waals surface area (Å²) in [5.41, 5.74) is 2.60. The summed E-state index contributed by atoms with van der Waals surface area (Å²) >= 11 is 1.38. The van der Waals surface area contributed by atoms with Gasteiger partial charge in [0.2, 0.25) is 5.91 Å². The molecule has 0 bridgehead atoms. The van der Waals surface area contributed by atoms with E-state index < -0.39 is 0 Å². The minimum Gasteiger partial charge on any atom is -0.497 e. The number of nitrogens with one attached hydrogen (secondary N) is 1. The number of thiazole rings is 1. The predicted molar refractivity (Wildman–Crippen MR) is 130 cm³/mol. The maximum atomic E-state index is 12.3. The number of hydrogen-bond acceptors (Lipinski definition) is 6. The number of benzene rings is 2. The predicted octanol–water partition coefficient (Wildman–Crippen LogP) is 5.90. The first-order valence-electron chi connectivity index (χ1n) is 10.4. The second-order valence-electron chi connectivity index (χ2n) is 7.53. The molecule has 1 N–H and O–H groups in total. The van der Waals surface area contributed by atoms with Crippen LogP contribution in [0, 0.1) is 5.92 Å². The monoisotopic (exact) mass is 452 g/mol. The molecular weight excluding hydrogens is 424 g/mol. The summed E-state index contributed by atoms with van der Waals surface area (Å²) in [4.78, 5) is 16.8. The van der Waals surface area contributed by atoms with E-state index in [9.17, 15) is 4.79 Å². The van der Waals surface area contributed by atoms with Gasteiger partial charge in [-0.15, -0.1) is 11.3 Å². The molecule has 168 valence electrons. The molecule has 1 aromatic heterocycles. The Hall–Kier alpha value is -3.32. The third-order valence-electron chi connectivity index (χ3n) is 4.69. The quantitative estimate of drug-likeness (QED) is 0.388. The van der Waals surface area contributed by atoms with Crippen LogP contribution in [-0.4, -0.2) is 31.7 Å². The van der Waals surface area contributed by atoms with Crippen LogP contribution in [0.1, 0.15) is 25.8 Å². The third-order valence-corrected chi connectivity index (χ3v) is 5.45. The van der Waals surface area contributed by atoms with Gasteiger partial charge in [-0.05, 0) is 60.4 Å². The van der Waals surface area contributed by atoms with Crippen molar-refractivity contribution in [3.05, 3.63) is 59.5 Å². The third kappa shape index (κ3) is 6.59. The van der Waals surface area contributed by atoms with Crippen molar-refractivity contribution < 1.29 is 19.0 Å². The first-order valence-corrected chi connectivity index (χ1v) is 11.3. The van der Waals surface area contributed by atoms with E-state index in [4.69, 9.17) is 14.2 Å². The molecule has 2 aromatic carbocycles. The number of carbonyl (C=O) groups excluding carboxylic acids is 1. The second-order valence-corrected chi connectivity index (χ2v) is 8.39. The average Bonchev–Trinajstić information content (AvgIpc) is 3.26. The van der Waals surface area contributed by atoms with Crippen LogP contribution in [0.2, 0.25) is 0 Å². The number of anilines is 1. The molecule has 1 amide bonds. The van der Waals surface area contributed by atoms with Crippen molar-refractivity contribution in [1.29, 1.82) is 0 Å². The van der Waals surface area contributed by atoms with Gasteiger partial charge in [0.1, 0.15) is 5.75 Å². The van der Waals surface area contributed by atoms with Crippen LogP contribution in [0.3, 0.4) is 0 Å². The first-order chi connectivity index (χ1) is 15.5. The highest BCUT2D eigenvalue weighted by Crippen LogP contribution is 2.29. The van der Waals surface area contributed by atoms with Crippen LogP contribution in [0.15, 0.2) is 53.9 Å². The summed E-state index contributed by atoms with van der Waals surface area (Å²) in [6.07, 6.45) is 4.18. The Morgan fingerprint density at radius 2 is 1.88 bits per heavy atom. The minimum atomic E-state index is -0.253. The molecule has 0 aliphatic heterocycles. The Labute approximate surface area is 192 Å². The zero-order valence-corrected chi connectivity index (χ0v) is 19.6. The van der Waals surface area contributed by atoms with E-state index in [-0.39, 0.29) is 5.91 Å². The van der Waals surface area contributed by atoms with Crippen molar-refractivity contribution in [3.8, 4) is 28.5 Å². The fraction of sp³-hybridized carbons (Fsp3) is 0.280. The van der Waals surface area contributed by atoms with Gasteiger partial charge >= 0.3 is 0 Å². The molecule has 0 spiro atoms. The smallest absolute Gasteiger partial charge is 0.250 e. The summed E-state index contributed by atoms with van der Waals surface area (Å²) in [6.45, 7) is 4.95. The molecule has 0 atom stereocenters. The molecule has 0 saturated heterocycles. The molecule has 1 heterocycles. The fourth-order valence-corrected chi connectivity index (χ4v) is 3.58. The maximum absolute atomic E-state index is 12.3. The number of nitrogens with zero attached hydrogens (tertiary/aromatic N) is 1. The van der Waals surface area contributed by atoms with Crippen LogP contribution in [-0.2, 0) is 4.79 Å². The largest absolute Gasteiger partial charge is 0.497 e. The van der Waals surface area contributed by atoms with E-state index >= 15 is 0 Å². The van der Waals surface area contributed by atoms with E-state index in [2.05, 4.69) is 24.1 Å². The van der Waals surface area contributed by atoms with Crippen molar-refractivity contribution >= 4 is 28.5 Å². The molecule has 0 saturated carbocycles. The van der Waals surface area contributed by atoms with Gasteiger partial charge in [-0.3, -0.25) is 10.1 Å². The van der Waals surface area contributed by atoms with Gasteiger partial charge in [0.15, 0.2) is 16.6 Å². The Balaban J connectivity index is 1.59. The number of carbonyl (C=O) groups is 1. The lowest BCUT2D eigenvalue weighted by molar-refractivity contribution is -0.111. The minimum absolute atomic E-state index is 0.253. The van der Waals surface area contributed by atoms with E-state index in [1.165, 1.54) is 17.4 Å². The topological polar surface area (TPSA) is 69.7 Å². The Bertz CT molecular complexity index is 1060. The second kappa shape index (κ2) is 11.3. The van der Waals surface area contributed by atoms with Gasteiger partial charge in [-0.1, -0.05) is 19.9 Å². The van der Waals surface area contributed by atoms with E-state index in [1.807, 2.05) is 47.8 Å². The maximum Gasteiger partial charge on any atom is 0.250 e. The number of hydrogen-bond donors (Lipinski definition) is 1. The van der Waals surface area contributed by atoms with Crippen LogP contribution < -0.4 is 19.5 Å². The number of amides is 1. The zero-order chi connectivity index (χ0) is 22.9. The molecule has 7 heteroatoms. The SMILES string of the molecule is COc1ccc(-c2csc(NC(=O)C=Cc3ccc(OCCC(C)C)c(OC)c3)n2)cc1. The Kier molecular flexibility index (Phi) is 8.27. The molecule has 0 aliphatic carbocycles. The summed E-state index contributed by atoms with van der Waals surface area (Å²) in [5.74, 6) is 2.45. The Morgan fingerprint density at radius 3 is 2.56 bits per heavy atom. The first kappa shape index (κ1) is 23.3. The van der Waals surface area contributed by atoms with Crippen LogP contribution in [0.4, 0.5) is 5.13 Å². The normalized spacial score (nSPS) is 11.0. The number of rotatable bonds is 10. The molecule has 6 nitrogen and oxygen atoms in total. The van der Waals surface area contributed by atoms with Gasteiger partial charge in [-0.25, -0.2) is 4.98 Å². The zero-order valence-electron chi connectivity index (χ0n) is 18.8. The van der Waals surface area contributed by atoms with E-state index in [0.29, 0.717) is 29.2 Å². The van der Waals surface area contributed by atoms with Gasteiger partial charge in [0.05, 0.1) is 26.5 Å². The van der Waals surface area contributed by atoms with E-state index in [0.717, 1.165) is 29.0 Å². The molecular formula is C25H28N2O4S. The fourth-order valence-electron chi connectivity index (χ4n) is 2.86. The highest BCUT2D eigenvalue weighted by molar-refractivity contribution is 7.14. The lowest BCUT2D eigenvalue weighted by atomic mass is 10.1. The average molecular weight is 453 g/mol. The van der Waals surface area contributed by atoms with Crippen molar-refractivity contribution in [3.63, 3.8) is 0 Å². The summed E-state index contributed by atoms with van der Waals surface area (Å²) in [6, 6.07) is 13.2. The van der Waals surface area contributed by atoms with E-state index in [1.54, 1.807) is 20.3 Å². The Morgan fingerprint density at radius 1 is 1.09 bits per heavy atom.